The summed E-state index contributed by atoms with van der Waals surface area (Å²) in [5, 5.41) is 10.5. The van der Waals surface area contributed by atoms with E-state index in [1.165, 1.54) is 5.56 Å². The van der Waals surface area contributed by atoms with E-state index in [1.54, 1.807) is 7.05 Å². The van der Waals surface area contributed by atoms with E-state index in [9.17, 15) is 4.79 Å². The fraction of sp³-hybridized carbons (Fsp3) is 0.714. The van der Waals surface area contributed by atoms with E-state index in [0.717, 1.165) is 37.6 Å². The lowest BCUT2D eigenvalue weighted by molar-refractivity contribution is -0.128. The third kappa shape index (κ3) is 2.40. The van der Waals surface area contributed by atoms with Gasteiger partial charge >= 0.3 is 0 Å². The average molecular weight is 279 g/mol. The van der Waals surface area contributed by atoms with Crippen LogP contribution in [0.3, 0.4) is 0 Å². The van der Waals surface area contributed by atoms with Crippen molar-refractivity contribution in [1.82, 2.24) is 20.4 Å². The Kier molecular flexibility index (Phi) is 4.04. The molecule has 1 aliphatic heterocycles. The van der Waals surface area contributed by atoms with Gasteiger partial charge in [0.2, 0.25) is 5.91 Å². The van der Waals surface area contributed by atoms with Gasteiger partial charge in [0.15, 0.2) is 0 Å². The molecule has 1 amide bonds. The monoisotopic (exact) mass is 279 g/mol. The molecule has 1 aliphatic rings. The van der Waals surface area contributed by atoms with Gasteiger partial charge in [-0.25, -0.2) is 0 Å². The third-order valence-corrected chi connectivity index (χ3v) is 4.21. The van der Waals surface area contributed by atoms with E-state index in [4.69, 9.17) is 0 Å². The quantitative estimate of drug-likeness (QED) is 0.838. The van der Waals surface area contributed by atoms with Gasteiger partial charge in [0.05, 0.1) is 11.1 Å². The van der Waals surface area contributed by atoms with Crippen molar-refractivity contribution in [2.75, 3.05) is 32.1 Å². The van der Waals surface area contributed by atoms with Crippen molar-refractivity contribution in [1.29, 1.82) is 0 Å². The summed E-state index contributed by atoms with van der Waals surface area (Å²) >= 11 is 0. The first-order chi connectivity index (χ1) is 9.42. The van der Waals surface area contributed by atoms with Crippen molar-refractivity contribution in [3.05, 3.63) is 11.3 Å². The first-order valence-electron chi connectivity index (χ1n) is 7.07. The van der Waals surface area contributed by atoms with Crippen LogP contribution >= 0.6 is 0 Å². The lowest BCUT2D eigenvalue weighted by Crippen LogP contribution is -2.39. The number of carbonyl (C=O) groups is 1. The summed E-state index contributed by atoms with van der Waals surface area (Å²) in [4.78, 5) is 14.3. The van der Waals surface area contributed by atoms with E-state index < -0.39 is 0 Å². The van der Waals surface area contributed by atoms with Crippen molar-refractivity contribution >= 4 is 11.7 Å². The minimum Gasteiger partial charge on any atom is -0.359 e. The maximum atomic E-state index is 12.0. The predicted molar refractivity (Wildman–Crippen MR) is 79.7 cm³/mol. The number of amides is 1. The standard InChI is InChI=1S/C14H25N5O/c1-10-11(8-15-3)12(18(5)17-10)19-7-6-14(2,9-19)13(20)16-4/h15H,6-9H2,1-5H3,(H,16,20). The molecule has 6 heteroatoms. The molecular weight excluding hydrogens is 254 g/mol. The maximum Gasteiger partial charge on any atom is 0.227 e. The summed E-state index contributed by atoms with van der Waals surface area (Å²) in [5.41, 5.74) is 1.95. The molecule has 20 heavy (non-hydrogen) atoms. The van der Waals surface area contributed by atoms with Crippen molar-refractivity contribution in [2.45, 2.75) is 26.8 Å². The topological polar surface area (TPSA) is 62.2 Å². The van der Waals surface area contributed by atoms with Crippen LogP contribution in [0.15, 0.2) is 0 Å². The van der Waals surface area contributed by atoms with Gasteiger partial charge in [-0.2, -0.15) is 5.10 Å². The summed E-state index contributed by atoms with van der Waals surface area (Å²) in [6.07, 6.45) is 0.871. The highest BCUT2D eigenvalue weighted by Gasteiger charge is 2.41. The van der Waals surface area contributed by atoms with Gasteiger partial charge < -0.3 is 15.5 Å². The van der Waals surface area contributed by atoms with Crippen LogP contribution in [-0.4, -0.2) is 42.9 Å². The van der Waals surface area contributed by atoms with Crippen LogP contribution in [0, 0.1) is 12.3 Å². The molecule has 2 N–H and O–H groups in total. The Morgan fingerprint density at radius 1 is 1.45 bits per heavy atom. The van der Waals surface area contributed by atoms with E-state index in [1.807, 2.05) is 32.6 Å². The molecule has 2 heterocycles. The summed E-state index contributed by atoms with van der Waals surface area (Å²) in [5.74, 6) is 1.25. The molecule has 112 valence electrons. The first-order valence-corrected chi connectivity index (χ1v) is 7.07. The van der Waals surface area contributed by atoms with Crippen LogP contribution in [0.25, 0.3) is 0 Å². The maximum absolute atomic E-state index is 12.0. The van der Waals surface area contributed by atoms with Crippen LogP contribution in [0.1, 0.15) is 24.6 Å². The summed E-state index contributed by atoms with van der Waals surface area (Å²) in [7, 11) is 5.61. The van der Waals surface area contributed by atoms with Crippen LogP contribution in [-0.2, 0) is 18.4 Å². The van der Waals surface area contributed by atoms with Crippen molar-refractivity contribution in [3.63, 3.8) is 0 Å². The van der Waals surface area contributed by atoms with E-state index in [0.29, 0.717) is 0 Å². The number of nitrogens with zero attached hydrogens (tertiary/aromatic N) is 3. The molecule has 0 spiro atoms. The number of aromatic nitrogens is 2. The van der Waals surface area contributed by atoms with E-state index in [-0.39, 0.29) is 11.3 Å². The molecule has 6 nitrogen and oxygen atoms in total. The van der Waals surface area contributed by atoms with Crippen molar-refractivity contribution in [2.24, 2.45) is 12.5 Å². The van der Waals surface area contributed by atoms with Crippen LogP contribution in [0.2, 0.25) is 0 Å². The molecule has 0 saturated carbocycles. The van der Waals surface area contributed by atoms with Gasteiger partial charge in [-0.15, -0.1) is 0 Å². The van der Waals surface area contributed by atoms with Gasteiger partial charge in [-0.05, 0) is 27.3 Å². The number of nitrogens with one attached hydrogen (secondary N) is 2. The van der Waals surface area contributed by atoms with Crippen LogP contribution < -0.4 is 15.5 Å². The Morgan fingerprint density at radius 3 is 2.75 bits per heavy atom. The zero-order chi connectivity index (χ0) is 14.9. The Morgan fingerprint density at radius 2 is 2.15 bits per heavy atom. The molecular formula is C14H25N5O. The molecule has 1 aromatic rings. The normalized spacial score (nSPS) is 22.4. The summed E-state index contributed by atoms with van der Waals surface area (Å²) < 4.78 is 1.93. The van der Waals surface area contributed by atoms with Gasteiger partial charge in [0.1, 0.15) is 5.82 Å². The van der Waals surface area contributed by atoms with Gasteiger partial charge in [0, 0.05) is 39.3 Å². The zero-order valence-electron chi connectivity index (χ0n) is 13.1. The number of anilines is 1. The molecule has 0 radical (unpaired) electrons. The molecule has 0 bridgehead atoms. The number of carbonyl (C=O) groups excluding carboxylic acids is 1. The predicted octanol–water partition coefficient (Wildman–Crippen LogP) is 0.410. The first kappa shape index (κ1) is 14.8. The highest BCUT2D eigenvalue weighted by molar-refractivity contribution is 5.83. The summed E-state index contributed by atoms with van der Waals surface area (Å²) in [6, 6.07) is 0. The molecule has 1 atom stereocenters. The molecule has 2 rings (SSSR count). The van der Waals surface area contributed by atoms with Crippen LogP contribution in [0.4, 0.5) is 5.82 Å². The van der Waals surface area contributed by atoms with Crippen molar-refractivity contribution in [3.8, 4) is 0 Å². The molecule has 1 aromatic heterocycles. The molecule has 1 unspecified atom stereocenters. The molecule has 1 saturated heterocycles. The van der Waals surface area contributed by atoms with E-state index >= 15 is 0 Å². The molecule has 1 fully saturated rings. The second-order valence-electron chi connectivity index (χ2n) is 5.85. The molecule has 0 aromatic carbocycles. The van der Waals surface area contributed by atoms with Crippen molar-refractivity contribution < 1.29 is 4.79 Å². The van der Waals surface area contributed by atoms with Gasteiger partial charge in [-0.3, -0.25) is 9.48 Å². The summed E-state index contributed by atoms with van der Waals surface area (Å²) in [6.45, 7) is 6.49. The van der Waals surface area contributed by atoms with Crippen LogP contribution in [0.5, 0.6) is 0 Å². The fourth-order valence-electron chi connectivity index (χ4n) is 3.10. The Bertz CT molecular complexity index is 510. The Hall–Kier alpha value is -1.56. The SMILES string of the molecule is CNCc1c(C)nn(C)c1N1CCC(C)(C(=O)NC)C1. The largest absolute Gasteiger partial charge is 0.359 e. The minimum absolute atomic E-state index is 0.119. The number of rotatable bonds is 4. The molecule has 0 aliphatic carbocycles. The number of hydrogen-bond acceptors (Lipinski definition) is 4. The van der Waals surface area contributed by atoms with Gasteiger partial charge in [0.25, 0.3) is 0 Å². The highest BCUT2D eigenvalue weighted by Crippen LogP contribution is 2.35. The average Bonchev–Trinajstić information content (AvgIpc) is 2.92. The number of aryl methyl sites for hydroxylation is 2. The van der Waals surface area contributed by atoms with Gasteiger partial charge in [-0.1, -0.05) is 0 Å². The lowest BCUT2D eigenvalue weighted by Gasteiger charge is -2.24. The minimum atomic E-state index is -0.316. The Labute approximate surface area is 120 Å². The fourth-order valence-corrected chi connectivity index (χ4v) is 3.10. The second kappa shape index (κ2) is 5.44. The zero-order valence-corrected chi connectivity index (χ0v) is 13.1. The third-order valence-electron chi connectivity index (χ3n) is 4.21. The Balaban J connectivity index is 2.28. The lowest BCUT2D eigenvalue weighted by atomic mass is 9.89. The number of hydrogen-bond donors (Lipinski definition) is 2. The highest BCUT2D eigenvalue weighted by atomic mass is 16.2. The van der Waals surface area contributed by atoms with E-state index in [2.05, 4.69) is 20.6 Å². The second-order valence-corrected chi connectivity index (χ2v) is 5.85. The smallest absolute Gasteiger partial charge is 0.227 e.